The van der Waals surface area contributed by atoms with E-state index in [9.17, 15) is 4.79 Å². The number of aromatic nitrogens is 2. The zero-order valence-electron chi connectivity index (χ0n) is 12.2. The molecule has 0 atom stereocenters. The lowest BCUT2D eigenvalue weighted by molar-refractivity contribution is 0.0954. The maximum atomic E-state index is 12.1. The van der Waals surface area contributed by atoms with Crippen molar-refractivity contribution in [3.05, 3.63) is 35.0 Å². The summed E-state index contributed by atoms with van der Waals surface area (Å²) in [5.74, 6) is 0.390. The smallest absolute Gasteiger partial charge is 0.263 e. The van der Waals surface area contributed by atoms with Crippen molar-refractivity contribution in [1.82, 2.24) is 15.3 Å². The Labute approximate surface area is 127 Å². The van der Waals surface area contributed by atoms with Crippen LogP contribution in [0.5, 0.6) is 5.88 Å². The van der Waals surface area contributed by atoms with Gasteiger partial charge in [0.2, 0.25) is 5.88 Å². The molecule has 0 aliphatic rings. The van der Waals surface area contributed by atoms with Crippen LogP contribution in [0.2, 0.25) is 0 Å². The minimum absolute atomic E-state index is 0.0361. The summed E-state index contributed by atoms with van der Waals surface area (Å²) in [5.41, 5.74) is 0.845. The van der Waals surface area contributed by atoms with E-state index < -0.39 is 0 Å². The first-order valence-electron chi connectivity index (χ1n) is 6.62. The maximum Gasteiger partial charge on any atom is 0.263 e. The van der Waals surface area contributed by atoms with Crippen molar-refractivity contribution in [1.29, 1.82) is 0 Å². The molecule has 2 rings (SSSR count). The second-order valence-corrected chi connectivity index (χ2v) is 5.63. The van der Waals surface area contributed by atoms with Crippen LogP contribution in [0.15, 0.2) is 24.5 Å². The first-order valence-corrected chi connectivity index (χ1v) is 7.44. The summed E-state index contributed by atoms with van der Waals surface area (Å²) in [5, 5.41) is 6.47. The number of hydrogen-bond donors (Lipinski definition) is 2. The minimum Gasteiger partial charge on any atom is -0.475 e. The number of ether oxygens (including phenoxy) is 1. The molecule has 2 N–H and O–H groups in total. The number of rotatable bonds is 6. The SMILES string of the molecule is CNc1ncc(C(=O)NCc2cccnc2OC(C)C)s1. The number of thiazole rings is 1. The Hall–Kier alpha value is -2.15. The lowest BCUT2D eigenvalue weighted by Crippen LogP contribution is -2.22. The second kappa shape index (κ2) is 7.03. The summed E-state index contributed by atoms with van der Waals surface area (Å²) in [6.45, 7) is 4.24. The highest BCUT2D eigenvalue weighted by Crippen LogP contribution is 2.18. The molecule has 0 spiro atoms. The molecule has 0 unspecified atom stereocenters. The van der Waals surface area contributed by atoms with Crippen molar-refractivity contribution >= 4 is 22.4 Å². The van der Waals surface area contributed by atoms with Gasteiger partial charge in [0.1, 0.15) is 4.88 Å². The molecule has 7 heteroatoms. The molecule has 0 fully saturated rings. The number of anilines is 1. The summed E-state index contributed by atoms with van der Waals surface area (Å²) in [4.78, 5) is 20.9. The number of carbonyl (C=O) groups is 1. The fourth-order valence-corrected chi connectivity index (χ4v) is 2.33. The second-order valence-electron chi connectivity index (χ2n) is 4.60. The van der Waals surface area contributed by atoms with Crippen molar-refractivity contribution < 1.29 is 9.53 Å². The average Bonchev–Trinajstić information content (AvgIpc) is 2.94. The van der Waals surface area contributed by atoms with Crippen molar-refractivity contribution in [2.24, 2.45) is 0 Å². The van der Waals surface area contributed by atoms with Crippen LogP contribution in [0, 0.1) is 0 Å². The third kappa shape index (κ3) is 4.16. The molecular weight excluding hydrogens is 288 g/mol. The normalized spacial score (nSPS) is 10.5. The van der Waals surface area contributed by atoms with Gasteiger partial charge in [0, 0.05) is 25.4 Å². The van der Waals surface area contributed by atoms with Crippen molar-refractivity contribution in [3.63, 3.8) is 0 Å². The first-order chi connectivity index (χ1) is 10.1. The van der Waals surface area contributed by atoms with Crippen LogP contribution in [0.25, 0.3) is 0 Å². The number of pyridine rings is 1. The fourth-order valence-electron chi connectivity index (χ4n) is 1.65. The number of nitrogens with one attached hydrogen (secondary N) is 2. The van der Waals surface area contributed by atoms with Crippen LogP contribution in [0.1, 0.15) is 29.1 Å². The molecule has 6 nitrogen and oxygen atoms in total. The third-order valence-electron chi connectivity index (χ3n) is 2.58. The van der Waals surface area contributed by atoms with Crippen molar-refractivity contribution in [2.45, 2.75) is 26.5 Å². The molecule has 0 saturated carbocycles. The van der Waals surface area contributed by atoms with Gasteiger partial charge in [-0.2, -0.15) is 0 Å². The summed E-state index contributed by atoms with van der Waals surface area (Å²) in [6.07, 6.45) is 3.26. The van der Waals surface area contributed by atoms with E-state index in [2.05, 4.69) is 20.6 Å². The molecule has 2 heterocycles. The summed E-state index contributed by atoms with van der Waals surface area (Å²) >= 11 is 1.31. The average molecular weight is 306 g/mol. The van der Waals surface area contributed by atoms with E-state index >= 15 is 0 Å². The van der Waals surface area contributed by atoms with Gasteiger partial charge in [-0.1, -0.05) is 17.4 Å². The highest BCUT2D eigenvalue weighted by atomic mass is 32.1. The highest BCUT2D eigenvalue weighted by molar-refractivity contribution is 7.17. The van der Waals surface area contributed by atoms with E-state index in [0.717, 1.165) is 5.56 Å². The van der Waals surface area contributed by atoms with Gasteiger partial charge in [0.15, 0.2) is 5.13 Å². The van der Waals surface area contributed by atoms with Gasteiger partial charge in [-0.25, -0.2) is 9.97 Å². The molecular formula is C14H18N4O2S. The molecule has 0 aliphatic heterocycles. The molecule has 0 aromatic carbocycles. The van der Waals surface area contributed by atoms with Gasteiger partial charge in [-0.05, 0) is 19.9 Å². The fraction of sp³-hybridized carbons (Fsp3) is 0.357. The van der Waals surface area contributed by atoms with Crippen LogP contribution >= 0.6 is 11.3 Å². The van der Waals surface area contributed by atoms with E-state index in [1.807, 2.05) is 26.0 Å². The van der Waals surface area contributed by atoms with Gasteiger partial charge in [0.25, 0.3) is 5.91 Å². The lowest BCUT2D eigenvalue weighted by atomic mass is 10.2. The van der Waals surface area contributed by atoms with Gasteiger partial charge in [0.05, 0.1) is 12.3 Å². The monoisotopic (exact) mass is 306 g/mol. The Bertz CT molecular complexity index is 613. The zero-order chi connectivity index (χ0) is 15.2. The summed E-state index contributed by atoms with van der Waals surface area (Å²) < 4.78 is 5.62. The van der Waals surface area contributed by atoms with Crippen LogP contribution in [0.4, 0.5) is 5.13 Å². The van der Waals surface area contributed by atoms with E-state index in [0.29, 0.717) is 22.4 Å². The van der Waals surface area contributed by atoms with Crippen LogP contribution in [-0.2, 0) is 6.54 Å². The van der Waals surface area contributed by atoms with Gasteiger partial charge < -0.3 is 15.4 Å². The molecule has 0 aliphatic carbocycles. The van der Waals surface area contributed by atoms with Crippen molar-refractivity contribution in [3.8, 4) is 5.88 Å². The lowest BCUT2D eigenvalue weighted by Gasteiger charge is -2.12. The zero-order valence-corrected chi connectivity index (χ0v) is 13.0. The minimum atomic E-state index is -0.159. The number of nitrogens with zero attached hydrogens (tertiary/aromatic N) is 2. The standard InChI is InChI=1S/C14H18N4O2S/c1-9(2)20-13-10(5-4-6-16-13)7-17-12(19)11-8-18-14(15-3)21-11/h4-6,8-9H,7H2,1-3H3,(H,15,18)(H,17,19). The molecule has 2 aromatic rings. The Balaban J connectivity index is 2.01. The van der Waals surface area contributed by atoms with Gasteiger partial charge in [-0.15, -0.1) is 0 Å². The molecule has 21 heavy (non-hydrogen) atoms. The van der Waals surface area contributed by atoms with Gasteiger partial charge in [-0.3, -0.25) is 4.79 Å². The van der Waals surface area contributed by atoms with Gasteiger partial charge >= 0.3 is 0 Å². The molecule has 0 saturated heterocycles. The number of amides is 1. The topological polar surface area (TPSA) is 76.1 Å². The Morgan fingerprint density at radius 1 is 1.43 bits per heavy atom. The Morgan fingerprint density at radius 3 is 2.90 bits per heavy atom. The van der Waals surface area contributed by atoms with E-state index in [-0.39, 0.29) is 12.0 Å². The molecule has 1 amide bonds. The predicted molar refractivity (Wildman–Crippen MR) is 82.8 cm³/mol. The molecule has 0 bridgehead atoms. The largest absolute Gasteiger partial charge is 0.475 e. The van der Waals surface area contributed by atoms with Crippen molar-refractivity contribution in [2.75, 3.05) is 12.4 Å². The molecule has 0 radical (unpaired) electrons. The summed E-state index contributed by atoms with van der Waals surface area (Å²) in [6, 6.07) is 3.71. The van der Waals surface area contributed by atoms with E-state index in [4.69, 9.17) is 4.74 Å². The van der Waals surface area contributed by atoms with E-state index in [1.165, 1.54) is 11.3 Å². The van der Waals surface area contributed by atoms with Crippen LogP contribution < -0.4 is 15.4 Å². The summed E-state index contributed by atoms with van der Waals surface area (Å²) in [7, 11) is 1.77. The predicted octanol–water partition coefficient (Wildman–Crippen LogP) is 2.30. The number of carbonyl (C=O) groups excluding carboxylic acids is 1. The highest BCUT2D eigenvalue weighted by Gasteiger charge is 2.12. The molecule has 2 aromatic heterocycles. The van der Waals surface area contributed by atoms with Crippen LogP contribution in [0.3, 0.4) is 0 Å². The quantitative estimate of drug-likeness (QED) is 0.856. The third-order valence-corrected chi connectivity index (χ3v) is 3.59. The Morgan fingerprint density at radius 2 is 2.24 bits per heavy atom. The maximum absolute atomic E-state index is 12.1. The Kier molecular flexibility index (Phi) is 5.10. The molecule has 112 valence electrons. The first kappa shape index (κ1) is 15.2. The van der Waals surface area contributed by atoms with E-state index in [1.54, 1.807) is 19.4 Å². The number of hydrogen-bond acceptors (Lipinski definition) is 6. The van der Waals surface area contributed by atoms with Crippen LogP contribution in [-0.4, -0.2) is 29.0 Å².